The van der Waals surface area contributed by atoms with Crippen LogP contribution >= 0.6 is 11.3 Å². The number of hydrogen-bond acceptors (Lipinski definition) is 5. The number of aromatic nitrogens is 2. The van der Waals surface area contributed by atoms with Crippen LogP contribution in [0.5, 0.6) is 0 Å². The predicted molar refractivity (Wildman–Crippen MR) is 104 cm³/mol. The summed E-state index contributed by atoms with van der Waals surface area (Å²) in [6, 6.07) is 15.4. The van der Waals surface area contributed by atoms with Gasteiger partial charge in [0.05, 0.1) is 16.8 Å². The lowest BCUT2D eigenvalue weighted by molar-refractivity contribution is 0.0692. The molecule has 0 atom stereocenters. The third-order valence-electron chi connectivity index (χ3n) is 4.07. The van der Waals surface area contributed by atoms with E-state index in [1.165, 1.54) is 29.8 Å². The normalized spacial score (nSPS) is 10.7. The first-order chi connectivity index (χ1) is 13.1. The number of thiazole rings is 1. The Morgan fingerprint density at radius 3 is 2.63 bits per heavy atom. The highest BCUT2D eigenvalue weighted by Crippen LogP contribution is 2.28. The molecule has 0 bridgehead atoms. The van der Waals surface area contributed by atoms with Crippen molar-refractivity contribution in [3.63, 3.8) is 0 Å². The molecule has 7 heteroatoms. The SMILES string of the molecule is O=C(O)c1ccncc1C(=O)Nc1nc(-c2ccc3ccccc3c2)cs1. The quantitative estimate of drug-likeness (QED) is 0.554. The molecular formula is C20H13N3O3S. The summed E-state index contributed by atoms with van der Waals surface area (Å²) in [5, 5.41) is 16.3. The minimum absolute atomic E-state index is 0.00699. The van der Waals surface area contributed by atoms with Gasteiger partial charge < -0.3 is 5.11 Å². The summed E-state index contributed by atoms with van der Waals surface area (Å²) in [6.45, 7) is 0. The molecule has 0 aliphatic carbocycles. The fraction of sp³-hybridized carbons (Fsp3) is 0. The average Bonchev–Trinajstić information content (AvgIpc) is 3.16. The van der Waals surface area contributed by atoms with Crippen LogP contribution in [0.25, 0.3) is 22.0 Å². The van der Waals surface area contributed by atoms with Gasteiger partial charge >= 0.3 is 5.97 Å². The molecule has 2 heterocycles. The van der Waals surface area contributed by atoms with Crippen molar-refractivity contribution >= 4 is 39.1 Å². The number of carbonyl (C=O) groups excluding carboxylic acids is 1. The molecule has 2 aromatic carbocycles. The number of carboxylic acids is 1. The van der Waals surface area contributed by atoms with Gasteiger partial charge in [0.2, 0.25) is 0 Å². The zero-order valence-electron chi connectivity index (χ0n) is 13.9. The van der Waals surface area contributed by atoms with Gasteiger partial charge in [-0.05, 0) is 22.9 Å². The first-order valence-corrected chi connectivity index (χ1v) is 8.93. The third-order valence-corrected chi connectivity index (χ3v) is 4.82. The van der Waals surface area contributed by atoms with Gasteiger partial charge in [-0.15, -0.1) is 11.3 Å². The van der Waals surface area contributed by atoms with E-state index < -0.39 is 11.9 Å². The standard InChI is InChI=1S/C20H13N3O3S/c24-18(16-10-21-8-7-15(16)19(25)26)23-20-22-17(11-27-20)14-6-5-12-3-1-2-4-13(12)9-14/h1-11H,(H,25,26)(H,22,23,24). The molecule has 4 aromatic rings. The molecule has 0 spiro atoms. The molecule has 27 heavy (non-hydrogen) atoms. The van der Waals surface area contributed by atoms with Gasteiger partial charge in [-0.25, -0.2) is 9.78 Å². The number of nitrogens with one attached hydrogen (secondary N) is 1. The third kappa shape index (κ3) is 3.40. The fourth-order valence-electron chi connectivity index (χ4n) is 2.74. The molecule has 2 N–H and O–H groups in total. The van der Waals surface area contributed by atoms with Gasteiger partial charge in [0.1, 0.15) is 0 Å². The number of pyridine rings is 1. The molecule has 4 rings (SSSR count). The van der Waals surface area contributed by atoms with E-state index in [2.05, 4.69) is 15.3 Å². The van der Waals surface area contributed by atoms with Crippen LogP contribution in [0.15, 0.2) is 66.3 Å². The van der Waals surface area contributed by atoms with E-state index in [1.807, 2.05) is 47.8 Å². The Labute approximate surface area is 158 Å². The second-order valence-corrected chi connectivity index (χ2v) is 6.64. The van der Waals surface area contributed by atoms with Gasteiger partial charge in [0.25, 0.3) is 5.91 Å². The Balaban J connectivity index is 1.59. The Hall–Kier alpha value is -3.58. The lowest BCUT2D eigenvalue weighted by Gasteiger charge is -2.04. The van der Waals surface area contributed by atoms with Crippen LogP contribution < -0.4 is 5.32 Å². The summed E-state index contributed by atoms with van der Waals surface area (Å²) in [6.07, 6.45) is 2.57. The smallest absolute Gasteiger partial charge is 0.336 e. The number of nitrogens with zero attached hydrogens (tertiary/aromatic N) is 2. The highest BCUT2D eigenvalue weighted by molar-refractivity contribution is 7.14. The number of carbonyl (C=O) groups is 2. The van der Waals surface area contributed by atoms with Crippen molar-refractivity contribution in [2.24, 2.45) is 0 Å². The van der Waals surface area contributed by atoms with E-state index in [9.17, 15) is 14.7 Å². The van der Waals surface area contributed by atoms with Crippen molar-refractivity contribution in [3.8, 4) is 11.3 Å². The van der Waals surface area contributed by atoms with E-state index in [0.29, 0.717) is 5.13 Å². The van der Waals surface area contributed by atoms with Gasteiger partial charge in [0.15, 0.2) is 5.13 Å². The topological polar surface area (TPSA) is 92.2 Å². The van der Waals surface area contributed by atoms with Crippen LogP contribution in [0, 0.1) is 0 Å². The molecule has 132 valence electrons. The number of amides is 1. The number of benzene rings is 2. The average molecular weight is 375 g/mol. The highest BCUT2D eigenvalue weighted by atomic mass is 32.1. The second kappa shape index (κ2) is 6.97. The van der Waals surface area contributed by atoms with Crippen LogP contribution in [0.3, 0.4) is 0 Å². The maximum absolute atomic E-state index is 12.4. The number of rotatable bonds is 4. The number of hydrogen-bond donors (Lipinski definition) is 2. The van der Waals surface area contributed by atoms with Crippen molar-refractivity contribution in [1.29, 1.82) is 0 Å². The lowest BCUT2D eigenvalue weighted by Crippen LogP contribution is -2.16. The molecule has 2 aromatic heterocycles. The van der Waals surface area contributed by atoms with Crippen LogP contribution in [-0.4, -0.2) is 27.0 Å². The zero-order valence-corrected chi connectivity index (χ0v) is 14.7. The van der Waals surface area contributed by atoms with Crippen LogP contribution in [0.4, 0.5) is 5.13 Å². The molecule has 1 amide bonds. The van der Waals surface area contributed by atoms with Crippen LogP contribution in [0.2, 0.25) is 0 Å². The van der Waals surface area contributed by atoms with E-state index in [4.69, 9.17) is 0 Å². The van der Waals surface area contributed by atoms with E-state index in [-0.39, 0.29) is 11.1 Å². The number of carboxylic acid groups (broad SMARTS) is 1. The van der Waals surface area contributed by atoms with Gasteiger partial charge in [0, 0.05) is 23.3 Å². The monoisotopic (exact) mass is 375 g/mol. The Kier molecular flexibility index (Phi) is 4.35. The Bertz CT molecular complexity index is 1170. The van der Waals surface area contributed by atoms with Gasteiger partial charge in [-0.1, -0.05) is 36.4 Å². The number of anilines is 1. The minimum atomic E-state index is -1.18. The van der Waals surface area contributed by atoms with Crippen LogP contribution in [-0.2, 0) is 0 Å². The highest BCUT2D eigenvalue weighted by Gasteiger charge is 2.17. The first kappa shape index (κ1) is 16.9. The summed E-state index contributed by atoms with van der Waals surface area (Å²) in [5.74, 6) is -1.74. The van der Waals surface area contributed by atoms with Gasteiger partial charge in [-0.3, -0.25) is 15.1 Å². The van der Waals surface area contributed by atoms with E-state index in [0.717, 1.165) is 22.0 Å². The zero-order chi connectivity index (χ0) is 18.8. The second-order valence-electron chi connectivity index (χ2n) is 5.78. The molecule has 0 radical (unpaired) electrons. The molecule has 0 unspecified atom stereocenters. The van der Waals surface area contributed by atoms with E-state index in [1.54, 1.807) is 0 Å². The summed E-state index contributed by atoms with van der Waals surface area (Å²) in [4.78, 5) is 31.9. The minimum Gasteiger partial charge on any atom is -0.478 e. The molecule has 0 fully saturated rings. The summed E-state index contributed by atoms with van der Waals surface area (Å²) in [7, 11) is 0. The summed E-state index contributed by atoms with van der Waals surface area (Å²) in [5.41, 5.74) is 1.57. The Morgan fingerprint density at radius 1 is 1.00 bits per heavy atom. The molecule has 0 aliphatic rings. The molecule has 0 aliphatic heterocycles. The van der Waals surface area contributed by atoms with Crippen molar-refractivity contribution in [1.82, 2.24) is 9.97 Å². The lowest BCUT2D eigenvalue weighted by atomic mass is 10.1. The number of aromatic carboxylic acids is 1. The maximum atomic E-state index is 12.4. The molecule has 0 saturated carbocycles. The van der Waals surface area contributed by atoms with Crippen molar-refractivity contribution in [3.05, 3.63) is 77.4 Å². The van der Waals surface area contributed by atoms with Crippen molar-refractivity contribution in [2.75, 3.05) is 5.32 Å². The van der Waals surface area contributed by atoms with Crippen molar-refractivity contribution < 1.29 is 14.7 Å². The largest absolute Gasteiger partial charge is 0.478 e. The van der Waals surface area contributed by atoms with Crippen LogP contribution in [0.1, 0.15) is 20.7 Å². The molecule has 6 nitrogen and oxygen atoms in total. The van der Waals surface area contributed by atoms with Crippen molar-refractivity contribution in [2.45, 2.75) is 0 Å². The van der Waals surface area contributed by atoms with E-state index >= 15 is 0 Å². The maximum Gasteiger partial charge on any atom is 0.336 e. The molecular weight excluding hydrogens is 362 g/mol. The Morgan fingerprint density at radius 2 is 1.81 bits per heavy atom. The van der Waals surface area contributed by atoms with Gasteiger partial charge in [-0.2, -0.15) is 0 Å². The summed E-state index contributed by atoms with van der Waals surface area (Å²) >= 11 is 1.28. The first-order valence-electron chi connectivity index (χ1n) is 8.05. The predicted octanol–water partition coefficient (Wildman–Crippen LogP) is 4.31. The summed E-state index contributed by atoms with van der Waals surface area (Å²) < 4.78 is 0. The fourth-order valence-corrected chi connectivity index (χ4v) is 3.45. The number of fused-ring (bicyclic) bond motifs is 1. The molecule has 0 saturated heterocycles.